The molecule has 0 aliphatic rings. The van der Waals surface area contributed by atoms with E-state index in [-0.39, 0.29) is 26.1 Å². The average molecular weight is 758 g/mol. The van der Waals surface area contributed by atoms with Crippen LogP contribution in [0.4, 0.5) is 5.69 Å². The Kier molecular flexibility index (Phi) is 9.94. The summed E-state index contributed by atoms with van der Waals surface area (Å²) in [6.07, 6.45) is -1.11. The number of benzene rings is 1. The van der Waals surface area contributed by atoms with Crippen LogP contribution in [-0.4, -0.2) is 34.9 Å². The Bertz CT molecular complexity index is 948. The number of ketones is 1. The zero-order valence-corrected chi connectivity index (χ0v) is 22.5. The molecule has 1 unspecified atom stereocenters. The van der Waals surface area contributed by atoms with Crippen molar-refractivity contribution in [3.63, 3.8) is 0 Å². The highest BCUT2D eigenvalue weighted by Gasteiger charge is 2.29. The van der Waals surface area contributed by atoms with E-state index in [1.807, 2.05) is 45.2 Å². The molecule has 2 N–H and O–H groups in total. The molecule has 0 saturated heterocycles. The molecule has 1 aromatic carbocycles. The zero-order chi connectivity index (χ0) is 22.6. The number of anilines is 1. The molecule has 1 rings (SSSR count). The van der Waals surface area contributed by atoms with Crippen molar-refractivity contribution in [3.05, 3.63) is 34.1 Å². The predicted octanol–water partition coefficient (Wildman–Crippen LogP) is 3.60. The molecule has 0 saturated carbocycles. The maximum absolute atomic E-state index is 12.7. The number of allylic oxidation sites excluding steroid dienone is 1. The van der Waals surface area contributed by atoms with Crippen LogP contribution in [0.15, 0.2) is 12.3 Å². The molecular formula is C17H14ClI3N2O6. The SMILES string of the molecule is C=C(NC(=O)c1c(I)c(NC(=O)C(C)OC(C)=O)c(I)c(C(=O)Cl)c1I)C(C)=O. The first-order valence-electron chi connectivity index (χ1n) is 7.69. The number of esters is 1. The van der Waals surface area contributed by atoms with Gasteiger partial charge >= 0.3 is 5.97 Å². The van der Waals surface area contributed by atoms with Gasteiger partial charge in [-0.2, -0.15) is 0 Å². The van der Waals surface area contributed by atoms with Gasteiger partial charge in [-0.15, -0.1) is 0 Å². The number of hydrogen-bond donors (Lipinski definition) is 2. The fourth-order valence-corrected chi connectivity index (χ4v) is 6.88. The normalized spacial score (nSPS) is 11.3. The average Bonchev–Trinajstić information content (AvgIpc) is 2.57. The third-order valence-electron chi connectivity index (χ3n) is 3.39. The van der Waals surface area contributed by atoms with E-state index in [1.54, 1.807) is 22.6 Å². The lowest BCUT2D eigenvalue weighted by atomic mass is 10.1. The second-order valence-corrected chi connectivity index (χ2v) is 9.15. The van der Waals surface area contributed by atoms with Crippen LogP contribution in [0, 0.1) is 10.7 Å². The fourth-order valence-electron chi connectivity index (χ4n) is 1.96. The smallest absolute Gasteiger partial charge is 0.303 e. The summed E-state index contributed by atoms with van der Waals surface area (Å²) in [5, 5.41) is 4.09. The van der Waals surface area contributed by atoms with Crippen molar-refractivity contribution in [2.24, 2.45) is 0 Å². The van der Waals surface area contributed by atoms with E-state index in [9.17, 15) is 24.0 Å². The highest BCUT2D eigenvalue weighted by Crippen LogP contribution is 2.36. The summed E-state index contributed by atoms with van der Waals surface area (Å²) in [6, 6.07) is 0. The highest BCUT2D eigenvalue weighted by molar-refractivity contribution is 14.1. The molecule has 2 amide bonds. The highest BCUT2D eigenvalue weighted by atomic mass is 127. The van der Waals surface area contributed by atoms with Gasteiger partial charge in [0.2, 0.25) is 0 Å². The van der Waals surface area contributed by atoms with Gasteiger partial charge in [0.15, 0.2) is 11.9 Å². The van der Waals surface area contributed by atoms with E-state index in [0.29, 0.717) is 7.14 Å². The van der Waals surface area contributed by atoms with Gasteiger partial charge in [-0.25, -0.2) is 0 Å². The molecular weight excluding hydrogens is 744 g/mol. The van der Waals surface area contributed by atoms with Crippen LogP contribution in [-0.2, 0) is 19.1 Å². The van der Waals surface area contributed by atoms with Gasteiger partial charge in [-0.05, 0) is 86.3 Å². The van der Waals surface area contributed by atoms with Crippen molar-refractivity contribution in [2.45, 2.75) is 26.9 Å². The predicted molar refractivity (Wildman–Crippen MR) is 132 cm³/mol. The minimum absolute atomic E-state index is 0.0160. The molecule has 1 atom stereocenters. The molecule has 0 aliphatic carbocycles. The molecule has 0 fully saturated rings. The van der Waals surface area contributed by atoms with E-state index < -0.39 is 34.9 Å². The van der Waals surface area contributed by atoms with E-state index >= 15 is 0 Å². The monoisotopic (exact) mass is 758 g/mol. The van der Waals surface area contributed by atoms with E-state index in [2.05, 4.69) is 17.2 Å². The van der Waals surface area contributed by atoms with Crippen LogP contribution >= 0.6 is 79.4 Å². The Balaban J connectivity index is 3.56. The largest absolute Gasteiger partial charge is 0.453 e. The second kappa shape index (κ2) is 11.0. The van der Waals surface area contributed by atoms with Crippen molar-refractivity contribution >= 4 is 114 Å². The van der Waals surface area contributed by atoms with Crippen molar-refractivity contribution in [3.8, 4) is 0 Å². The van der Waals surface area contributed by atoms with Crippen LogP contribution in [0.2, 0.25) is 0 Å². The van der Waals surface area contributed by atoms with Gasteiger partial charge in [0.25, 0.3) is 17.1 Å². The molecule has 0 aromatic heterocycles. The molecule has 156 valence electrons. The van der Waals surface area contributed by atoms with E-state index in [4.69, 9.17) is 16.3 Å². The number of rotatable bonds is 7. The first-order chi connectivity index (χ1) is 13.3. The first kappa shape index (κ1) is 26.2. The molecule has 29 heavy (non-hydrogen) atoms. The maximum Gasteiger partial charge on any atom is 0.303 e. The van der Waals surface area contributed by atoms with Crippen molar-refractivity contribution in [1.29, 1.82) is 0 Å². The van der Waals surface area contributed by atoms with Crippen LogP contribution in [0.5, 0.6) is 0 Å². The number of carbonyl (C=O) groups is 5. The third kappa shape index (κ3) is 6.58. The lowest BCUT2D eigenvalue weighted by Crippen LogP contribution is -2.32. The maximum atomic E-state index is 12.7. The van der Waals surface area contributed by atoms with E-state index in [0.717, 1.165) is 6.92 Å². The number of hydrogen-bond acceptors (Lipinski definition) is 6. The summed E-state index contributed by atoms with van der Waals surface area (Å²) >= 11 is 11.2. The minimum Gasteiger partial charge on any atom is -0.453 e. The molecule has 0 spiro atoms. The Labute approximate surface area is 212 Å². The van der Waals surface area contributed by atoms with Crippen LogP contribution in [0.1, 0.15) is 41.5 Å². The van der Waals surface area contributed by atoms with Gasteiger partial charge in [0.1, 0.15) is 0 Å². The molecule has 1 aromatic rings. The lowest BCUT2D eigenvalue weighted by Gasteiger charge is -2.19. The van der Waals surface area contributed by atoms with E-state index in [1.165, 1.54) is 13.8 Å². The van der Waals surface area contributed by atoms with Crippen LogP contribution in [0.25, 0.3) is 0 Å². The Morgan fingerprint density at radius 1 is 1.00 bits per heavy atom. The van der Waals surface area contributed by atoms with Gasteiger partial charge in [-0.1, -0.05) is 6.58 Å². The first-order valence-corrected chi connectivity index (χ1v) is 11.3. The molecule has 0 heterocycles. The second-order valence-electron chi connectivity index (χ2n) is 5.57. The third-order valence-corrected chi connectivity index (χ3v) is 6.82. The number of ether oxygens (including phenoxy) is 1. The van der Waals surface area contributed by atoms with Crippen molar-refractivity contribution in [1.82, 2.24) is 5.32 Å². The molecule has 0 radical (unpaired) electrons. The number of nitrogens with one attached hydrogen (secondary N) is 2. The Hall–Kier alpha value is -0.810. The molecule has 8 nitrogen and oxygen atoms in total. The summed E-state index contributed by atoms with van der Waals surface area (Å²) in [7, 11) is 0. The topological polar surface area (TPSA) is 119 Å². The summed E-state index contributed by atoms with van der Waals surface area (Å²) in [5.41, 5.74) is 0.0712. The van der Waals surface area contributed by atoms with Crippen molar-refractivity contribution < 1.29 is 28.7 Å². The minimum atomic E-state index is -1.11. The van der Waals surface area contributed by atoms with Gasteiger partial charge in [0.05, 0.1) is 29.7 Å². The summed E-state index contributed by atoms with van der Waals surface area (Å²) < 4.78 is 5.70. The van der Waals surface area contributed by atoms with Gasteiger partial charge in [0, 0.05) is 17.4 Å². The molecule has 0 bridgehead atoms. The van der Waals surface area contributed by atoms with Crippen molar-refractivity contribution in [2.75, 3.05) is 5.32 Å². The summed E-state index contributed by atoms with van der Waals surface area (Å²) in [5.74, 6) is -2.44. The van der Waals surface area contributed by atoms with Crippen LogP contribution < -0.4 is 10.6 Å². The Morgan fingerprint density at radius 3 is 1.97 bits per heavy atom. The number of Topliss-reactive ketones (excluding diaryl/α,β-unsaturated/α-hetero) is 1. The fraction of sp³-hybridized carbons (Fsp3) is 0.235. The summed E-state index contributed by atoms with van der Waals surface area (Å²) in [6.45, 7) is 7.25. The number of carbonyl (C=O) groups excluding carboxylic acids is 5. The zero-order valence-electron chi connectivity index (χ0n) is 15.2. The van der Waals surface area contributed by atoms with Gasteiger partial charge in [-0.3, -0.25) is 24.0 Å². The number of amides is 2. The van der Waals surface area contributed by atoms with Crippen LogP contribution in [0.3, 0.4) is 0 Å². The molecule has 12 heteroatoms. The molecule has 0 aliphatic heterocycles. The lowest BCUT2D eigenvalue weighted by molar-refractivity contribution is -0.150. The quantitative estimate of drug-likeness (QED) is 0.190. The Morgan fingerprint density at radius 2 is 1.52 bits per heavy atom. The van der Waals surface area contributed by atoms with Gasteiger partial charge < -0.3 is 15.4 Å². The summed E-state index contributed by atoms with van der Waals surface area (Å²) in [4.78, 5) is 59.6. The standard InChI is InChI=1S/C17H14ClI3N2O6/c1-5(6(2)24)22-17(28)10-11(19)9(15(18)26)12(20)14(13(10)21)23-16(27)7(3)29-8(4)25/h7H,1H2,2-4H3,(H,22,28)(H,23,27). The number of halogens is 4.